The van der Waals surface area contributed by atoms with E-state index in [1.54, 1.807) is 0 Å². The summed E-state index contributed by atoms with van der Waals surface area (Å²) in [5.74, 6) is 0. The maximum Gasteiger partial charge on any atom is 0.0698 e. The molecule has 0 bridgehead atoms. The van der Waals surface area contributed by atoms with Crippen molar-refractivity contribution in [1.29, 1.82) is 0 Å². The molecule has 2 aromatic rings. The number of aliphatic hydroxyl groups is 1. The van der Waals surface area contributed by atoms with Crippen molar-refractivity contribution in [2.75, 3.05) is 19.8 Å². The molecule has 1 radical (unpaired) electrons. The summed E-state index contributed by atoms with van der Waals surface area (Å²) in [4.78, 5) is 0. The Hall–Kier alpha value is -1.32. The predicted octanol–water partition coefficient (Wildman–Crippen LogP) is 1.45. The van der Waals surface area contributed by atoms with Crippen molar-refractivity contribution in [2.45, 2.75) is 6.54 Å². The first-order valence-corrected chi connectivity index (χ1v) is 5.06. The molecule has 1 N–H and O–H groups in total. The average Bonchev–Trinajstić information content (AvgIpc) is 2.68. The van der Waals surface area contributed by atoms with E-state index in [4.69, 9.17) is 9.84 Å². The van der Waals surface area contributed by atoms with E-state index in [-0.39, 0.29) is 6.61 Å². The number of nitrogens with zero attached hydrogens (tertiary/aromatic N) is 1. The van der Waals surface area contributed by atoms with Gasteiger partial charge in [-0.2, -0.15) is 0 Å². The Morgan fingerprint density at radius 1 is 1.27 bits per heavy atom. The average molecular weight is 204 g/mol. The van der Waals surface area contributed by atoms with Crippen LogP contribution in [0.5, 0.6) is 0 Å². The highest BCUT2D eigenvalue weighted by Crippen LogP contribution is 2.13. The minimum absolute atomic E-state index is 0.0795. The molecule has 0 saturated carbocycles. The topological polar surface area (TPSA) is 34.4 Å². The van der Waals surface area contributed by atoms with Gasteiger partial charge in [0.05, 0.1) is 26.0 Å². The molecular formula is C12H14NO2. The van der Waals surface area contributed by atoms with Crippen LogP contribution < -0.4 is 0 Å². The Morgan fingerprint density at radius 3 is 3.00 bits per heavy atom. The van der Waals surface area contributed by atoms with Crippen molar-refractivity contribution in [1.82, 2.24) is 4.57 Å². The number of para-hydroxylation sites is 1. The number of ether oxygens (including phenoxy) is 1. The summed E-state index contributed by atoms with van der Waals surface area (Å²) in [5, 5.41) is 9.75. The number of benzene rings is 1. The number of rotatable bonds is 5. The third kappa shape index (κ3) is 2.37. The van der Waals surface area contributed by atoms with Gasteiger partial charge in [0.25, 0.3) is 0 Å². The SMILES string of the molecule is OCCOCCn1[c]cc2ccccc21. The quantitative estimate of drug-likeness (QED) is 0.748. The Balaban J connectivity index is 2.02. The minimum atomic E-state index is 0.0795. The molecule has 15 heavy (non-hydrogen) atoms. The lowest BCUT2D eigenvalue weighted by Crippen LogP contribution is -2.07. The van der Waals surface area contributed by atoms with Crippen LogP contribution in [0.4, 0.5) is 0 Å². The number of hydrogen-bond donors (Lipinski definition) is 1. The van der Waals surface area contributed by atoms with Crippen LogP contribution in [0.3, 0.4) is 0 Å². The predicted molar refractivity (Wildman–Crippen MR) is 58.7 cm³/mol. The molecule has 0 fully saturated rings. The van der Waals surface area contributed by atoms with Gasteiger partial charge in [0.2, 0.25) is 0 Å². The molecule has 0 spiro atoms. The summed E-state index contributed by atoms with van der Waals surface area (Å²) in [6, 6.07) is 10.1. The van der Waals surface area contributed by atoms with Crippen LogP contribution in [0.15, 0.2) is 30.3 Å². The molecule has 1 aromatic heterocycles. The fraction of sp³-hybridized carbons (Fsp3) is 0.333. The molecule has 1 aromatic carbocycles. The summed E-state index contributed by atoms with van der Waals surface area (Å²) in [6.45, 7) is 1.86. The van der Waals surface area contributed by atoms with Crippen molar-refractivity contribution >= 4 is 10.9 Å². The monoisotopic (exact) mass is 204 g/mol. The number of aromatic nitrogens is 1. The molecule has 0 unspecified atom stereocenters. The highest BCUT2D eigenvalue weighted by molar-refractivity contribution is 5.79. The molecule has 0 amide bonds. The minimum Gasteiger partial charge on any atom is -0.394 e. The highest BCUT2D eigenvalue weighted by Gasteiger charge is 1.99. The van der Waals surface area contributed by atoms with E-state index < -0.39 is 0 Å². The summed E-state index contributed by atoms with van der Waals surface area (Å²) in [6.07, 6.45) is 3.16. The van der Waals surface area contributed by atoms with Gasteiger partial charge in [-0.1, -0.05) is 18.2 Å². The molecular weight excluding hydrogens is 190 g/mol. The van der Waals surface area contributed by atoms with E-state index in [1.807, 2.05) is 22.8 Å². The molecule has 0 atom stereocenters. The summed E-state index contributed by atoms with van der Waals surface area (Å²) < 4.78 is 7.25. The maximum absolute atomic E-state index is 8.56. The molecule has 79 valence electrons. The second-order valence-electron chi connectivity index (χ2n) is 3.32. The fourth-order valence-corrected chi connectivity index (χ4v) is 1.58. The van der Waals surface area contributed by atoms with E-state index >= 15 is 0 Å². The zero-order chi connectivity index (χ0) is 10.5. The second kappa shape index (κ2) is 4.96. The zero-order valence-electron chi connectivity index (χ0n) is 8.52. The highest BCUT2D eigenvalue weighted by atomic mass is 16.5. The number of hydrogen-bond acceptors (Lipinski definition) is 2. The van der Waals surface area contributed by atoms with Crippen LogP contribution in [-0.4, -0.2) is 29.5 Å². The summed E-state index contributed by atoms with van der Waals surface area (Å²) in [5.41, 5.74) is 1.17. The lowest BCUT2D eigenvalue weighted by atomic mass is 10.2. The van der Waals surface area contributed by atoms with Gasteiger partial charge in [0.15, 0.2) is 0 Å². The molecule has 0 aliphatic carbocycles. The molecule has 0 aliphatic rings. The molecule has 1 heterocycles. The van der Waals surface area contributed by atoms with Gasteiger partial charge in [-0.3, -0.25) is 0 Å². The van der Waals surface area contributed by atoms with Gasteiger partial charge in [-0.05, 0) is 12.1 Å². The standard InChI is InChI=1S/C12H14NO2/c14-8-10-15-9-7-13-6-5-11-3-1-2-4-12(11)13/h1-5,14H,7-10H2. The molecule has 3 heteroatoms. The van der Waals surface area contributed by atoms with Crippen LogP contribution in [0.1, 0.15) is 0 Å². The van der Waals surface area contributed by atoms with Gasteiger partial charge in [0, 0.05) is 17.4 Å². The van der Waals surface area contributed by atoms with Gasteiger partial charge >= 0.3 is 0 Å². The summed E-state index contributed by atoms with van der Waals surface area (Å²) in [7, 11) is 0. The first kappa shape index (κ1) is 10.2. The van der Waals surface area contributed by atoms with E-state index in [1.165, 1.54) is 10.9 Å². The van der Waals surface area contributed by atoms with Crippen LogP contribution >= 0.6 is 0 Å². The molecule has 0 aliphatic heterocycles. The van der Waals surface area contributed by atoms with Gasteiger partial charge in [0.1, 0.15) is 0 Å². The van der Waals surface area contributed by atoms with Gasteiger partial charge < -0.3 is 14.4 Å². The van der Waals surface area contributed by atoms with E-state index in [0.717, 1.165) is 6.54 Å². The van der Waals surface area contributed by atoms with E-state index in [0.29, 0.717) is 13.2 Å². The van der Waals surface area contributed by atoms with E-state index in [9.17, 15) is 0 Å². The molecule has 0 saturated heterocycles. The first-order chi connectivity index (χ1) is 7.42. The van der Waals surface area contributed by atoms with Gasteiger partial charge in [-0.15, -0.1) is 0 Å². The second-order valence-corrected chi connectivity index (χ2v) is 3.32. The largest absolute Gasteiger partial charge is 0.394 e. The Kier molecular flexibility index (Phi) is 3.37. The Morgan fingerprint density at radius 2 is 2.13 bits per heavy atom. The zero-order valence-corrected chi connectivity index (χ0v) is 8.52. The normalized spacial score (nSPS) is 11.0. The fourth-order valence-electron chi connectivity index (χ4n) is 1.58. The van der Waals surface area contributed by atoms with E-state index in [2.05, 4.69) is 18.3 Å². The lowest BCUT2D eigenvalue weighted by molar-refractivity contribution is 0.0874. The van der Waals surface area contributed by atoms with Gasteiger partial charge in [-0.25, -0.2) is 0 Å². The lowest BCUT2D eigenvalue weighted by Gasteiger charge is -2.05. The first-order valence-electron chi connectivity index (χ1n) is 5.06. The van der Waals surface area contributed by atoms with Crippen LogP contribution in [0.2, 0.25) is 0 Å². The maximum atomic E-state index is 8.56. The van der Waals surface area contributed by atoms with Crippen molar-refractivity contribution in [3.05, 3.63) is 36.5 Å². The molecule has 2 rings (SSSR count). The van der Waals surface area contributed by atoms with Crippen molar-refractivity contribution < 1.29 is 9.84 Å². The number of fused-ring (bicyclic) bond motifs is 1. The van der Waals surface area contributed by atoms with Crippen LogP contribution in [0, 0.1) is 6.20 Å². The molecule has 3 nitrogen and oxygen atoms in total. The van der Waals surface area contributed by atoms with Crippen molar-refractivity contribution in [3.63, 3.8) is 0 Å². The van der Waals surface area contributed by atoms with Crippen LogP contribution in [0.25, 0.3) is 10.9 Å². The summed E-state index contributed by atoms with van der Waals surface area (Å²) >= 11 is 0. The Labute approximate surface area is 88.9 Å². The van der Waals surface area contributed by atoms with Crippen molar-refractivity contribution in [2.24, 2.45) is 0 Å². The smallest absolute Gasteiger partial charge is 0.0698 e. The third-order valence-corrected chi connectivity index (χ3v) is 2.30. The van der Waals surface area contributed by atoms with Crippen molar-refractivity contribution in [3.8, 4) is 0 Å². The van der Waals surface area contributed by atoms with Crippen LogP contribution in [-0.2, 0) is 11.3 Å². The Bertz CT molecular complexity index is 422. The number of aliphatic hydroxyl groups excluding tert-OH is 1. The third-order valence-electron chi connectivity index (χ3n) is 2.30.